The Morgan fingerprint density at radius 3 is 2.11 bits per heavy atom. The van der Waals surface area contributed by atoms with Crippen LogP contribution in [0.15, 0.2) is 42.5 Å². The zero-order chi connectivity index (χ0) is 20.5. The van der Waals surface area contributed by atoms with Crippen LogP contribution >= 0.6 is 0 Å². The van der Waals surface area contributed by atoms with E-state index in [2.05, 4.69) is 43.4 Å². The number of aryl methyl sites for hydroxylation is 2. The van der Waals surface area contributed by atoms with Crippen molar-refractivity contribution in [3.05, 3.63) is 70.3 Å². The number of benzene rings is 2. The number of Topliss-reactive ketones (excluding diaryl/α,β-unsaturated/α-hetero) is 1. The van der Waals surface area contributed by atoms with Crippen LogP contribution < -0.4 is 10.2 Å². The van der Waals surface area contributed by atoms with Crippen molar-refractivity contribution >= 4 is 11.7 Å². The maximum absolute atomic E-state index is 12.3. The maximum Gasteiger partial charge on any atom is 0.220 e. The number of nitrogens with one attached hydrogen (secondary N) is 2. The second-order valence-electron chi connectivity index (χ2n) is 7.45. The highest BCUT2D eigenvalue weighted by Crippen LogP contribution is 2.12. The number of ketones is 1. The number of rotatable bonds is 10. The van der Waals surface area contributed by atoms with Crippen LogP contribution in [0.3, 0.4) is 0 Å². The van der Waals surface area contributed by atoms with Gasteiger partial charge in [0.25, 0.3) is 0 Å². The summed E-state index contributed by atoms with van der Waals surface area (Å²) in [4.78, 5) is 25.9. The molecule has 4 heteroatoms. The molecule has 150 valence electrons. The zero-order valence-corrected chi connectivity index (χ0v) is 17.6. The summed E-state index contributed by atoms with van der Waals surface area (Å²) in [5.41, 5.74) is 5.34. The van der Waals surface area contributed by atoms with Gasteiger partial charge in [-0.2, -0.15) is 0 Å². The van der Waals surface area contributed by atoms with E-state index in [0.29, 0.717) is 12.1 Å². The Morgan fingerprint density at radius 2 is 1.50 bits per heavy atom. The SMILES string of the molecule is CC[NH+](CC)Cc1ccc(CNC(=O)CCC(=O)c2ccc(C)c(C)c2)cc1. The van der Waals surface area contributed by atoms with Crippen molar-refractivity contribution in [2.45, 2.75) is 53.6 Å². The van der Waals surface area contributed by atoms with Crippen molar-refractivity contribution in [3.63, 3.8) is 0 Å². The minimum Gasteiger partial charge on any atom is -0.352 e. The summed E-state index contributed by atoms with van der Waals surface area (Å²) in [5, 5.41) is 2.91. The molecule has 0 fully saturated rings. The minimum absolute atomic E-state index is 0.0153. The molecule has 28 heavy (non-hydrogen) atoms. The third-order valence-corrected chi connectivity index (χ3v) is 5.37. The monoisotopic (exact) mass is 381 g/mol. The van der Waals surface area contributed by atoms with E-state index in [1.165, 1.54) is 11.1 Å². The molecule has 2 aromatic carbocycles. The molecule has 0 spiro atoms. The third kappa shape index (κ3) is 6.61. The van der Waals surface area contributed by atoms with Crippen molar-refractivity contribution in [1.29, 1.82) is 0 Å². The normalized spacial score (nSPS) is 10.9. The van der Waals surface area contributed by atoms with Crippen LogP contribution in [0.1, 0.15) is 59.3 Å². The summed E-state index contributed by atoms with van der Waals surface area (Å²) < 4.78 is 0. The van der Waals surface area contributed by atoms with Gasteiger partial charge in [-0.3, -0.25) is 9.59 Å². The predicted octanol–water partition coefficient (Wildman–Crippen LogP) is 3.01. The van der Waals surface area contributed by atoms with E-state index in [0.717, 1.165) is 30.8 Å². The standard InChI is InChI=1S/C24H32N2O2/c1-5-26(6-2)17-21-10-8-20(9-11-21)16-25-24(28)14-13-23(27)22-12-7-18(3)19(4)15-22/h7-12,15H,5-6,13-14,16-17H2,1-4H3,(H,25,28)/p+1. The summed E-state index contributed by atoms with van der Waals surface area (Å²) in [5.74, 6) is -0.0737. The van der Waals surface area contributed by atoms with E-state index < -0.39 is 0 Å². The van der Waals surface area contributed by atoms with Crippen molar-refractivity contribution in [3.8, 4) is 0 Å². The first-order valence-electron chi connectivity index (χ1n) is 10.2. The van der Waals surface area contributed by atoms with Gasteiger partial charge in [0.05, 0.1) is 13.1 Å². The molecule has 0 heterocycles. The van der Waals surface area contributed by atoms with Crippen molar-refractivity contribution in [2.24, 2.45) is 0 Å². The van der Waals surface area contributed by atoms with Gasteiger partial charge < -0.3 is 10.2 Å². The van der Waals surface area contributed by atoms with Crippen LogP contribution in [0.2, 0.25) is 0 Å². The summed E-state index contributed by atoms with van der Waals surface area (Å²) >= 11 is 0. The summed E-state index contributed by atoms with van der Waals surface area (Å²) in [6, 6.07) is 14.1. The van der Waals surface area contributed by atoms with Gasteiger partial charge in [0.2, 0.25) is 5.91 Å². The average Bonchev–Trinajstić information content (AvgIpc) is 2.71. The number of quaternary nitrogens is 1. The van der Waals surface area contributed by atoms with Crippen molar-refractivity contribution < 1.29 is 14.5 Å². The molecule has 0 saturated heterocycles. The molecule has 0 aromatic heterocycles. The van der Waals surface area contributed by atoms with Gasteiger partial charge in [0, 0.05) is 30.5 Å². The van der Waals surface area contributed by atoms with Crippen LogP contribution in [0, 0.1) is 13.8 Å². The van der Waals surface area contributed by atoms with E-state index >= 15 is 0 Å². The first-order chi connectivity index (χ1) is 13.4. The zero-order valence-electron chi connectivity index (χ0n) is 17.6. The molecular weight excluding hydrogens is 348 g/mol. The van der Waals surface area contributed by atoms with Gasteiger partial charge in [-0.25, -0.2) is 0 Å². The van der Waals surface area contributed by atoms with Gasteiger partial charge in [-0.15, -0.1) is 0 Å². The first kappa shape index (κ1) is 21.8. The van der Waals surface area contributed by atoms with Crippen LogP contribution in [0.4, 0.5) is 0 Å². The van der Waals surface area contributed by atoms with E-state index in [-0.39, 0.29) is 24.5 Å². The lowest BCUT2D eigenvalue weighted by atomic mass is 10.0. The van der Waals surface area contributed by atoms with Gasteiger partial charge in [-0.05, 0) is 50.5 Å². The van der Waals surface area contributed by atoms with Crippen molar-refractivity contribution in [1.82, 2.24) is 5.32 Å². The van der Waals surface area contributed by atoms with E-state index in [4.69, 9.17) is 0 Å². The predicted molar refractivity (Wildman–Crippen MR) is 114 cm³/mol. The molecule has 2 N–H and O–H groups in total. The molecule has 4 nitrogen and oxygen atoms in total. The van der Waals surface area contributed by atoms with E-state index in [1.807, 2.05) is 32.0 Å². The maximum atomic E-state index is 12.3. The number of carbonyl (C=O) groups is 2. The summed E-state index contributed by atoms with van der Waals surface area (Å²) in [6.45, 7) is 12.2. The highest BCUT2D eigenvalue weighted by atomic mass is 16.2. The van der Waals surface area contributed by atoms with Gasteiger partial charge in [0.15, 0.2) is 5.78 Å². The van der Waals surface area contributed by atoms with Crippen LogP contribution in [-0.4, -0.2) is 24.8 Å². The Morgan fingerprint density at radius 1 is 0.857 bits per heavy atom. The molecule has 0 saturated carbocycles. The fourth-order valence-corrected chi connectivity index (χ4v) is 3.14. The highest BCUT2D eigenvalue weighted by Gasteiger charge is 2.10. The largest absolute Gasteiger partial charge is 0.352 e. The second kappa shape index (κ2) is 10.8. The molecule has 0 aliphatic carbocycles. The fourth-order valence-electron chi connectivity index (χ4n) is 3.14. The van der Waals surface area contributed by atoms with Gasteiger partial charge in [-0.1, -0.05) is 36.4 Å². The lowest BCUT2D eigenvalue weighted by Crippen LogP contribution is -3.10. The average molecular weight is 382 g/mol. The molecule has 0 atom stereocenters. The highest BCUT2D eigenvalue weighted by molar-refractivity contribution is 5.98. The van der Waals surface area contributed by atoms with Crippen molar-refractivity contribution in [2.75, 3.05) is 13.1 Å². The fraction of sp³-hybridized carbons (Fsp3) is 0.417. The van der Waals surface area contributed by atoms with Crippen LogP contribution in [0.5, 0.6) is 0 Å². The smallest absolute Gasteiger partial charge is 0.220 e. The molecular formula is C24H33N2O2+. The molecule has 2 rings (SSSR count). The Balaban J connectivity index is 1.77. The number of amides is 1. The molecule has 0 aliphatic heterocycles. The molecule has 2 aromatic rings. The second-order valence-corrected chi connectivity index (χ2v) is 7.45. The third-order valence-electron chi connectivity index (χ3n) is 5.37. The van der Waals surface area contributed by atoms with E-state index in [9.17, 15) is 9.59 Å². The molecule has 0 bridgehead atoms. The summed E-state index contributed by atoms with van der Waals surface area (Å²) in [6.07, 6.45) is 0.453. The van der Waals surface area contributed by atoms with Crippen LogP contribution in [-0.2, 0) is 17.9 Å². The Kier molecular flexibility index (Phi) is 8.40. The summed E-state index contributed by atoms with van der Waals surface area (Å²) in [7, 11) is 0. The quantitative estimate of drug-likeness (QED) is 0.622. The Bertz CT molecular complexity index is 793. The molecule has 0 aliphatic rings. The Labute approximate surface area is 169 Å². The molecule has 0 unspecified atom stereocenters. The number of carbonyl (C=O) groups excluding carboxylic acids is 2. The number of hydrogen-bond donors (Lipinski definition) is 2. The lowest BCUT2D eigenvalue weighted by molar-refractivity contribution is -0.910. The van der Waals surface area contributed by atoms with Gasteiger partial charge in [0.1, 0.15) is 6.54 Å². The molecule has 0 radical (unpaired) electrons. The lowest BCUT2D eigenvalue weighted by Gasteiger charge is -2.15. The van der Waals surface area contributed by atoms with Gasteiger partial charge >= 0.3 is 0 Å². The topological polar surface area (TPSA) is 50.6 Å². The Hall–Kier alpha value is -2.46. The molecule has 1 amide bonds. The van der Waals surface area contributed by atoms with Crippen LogP contribution in [0.25, 0.3) is 0 Å². The number of hydrogen-bond acceptors (Lipinski definition) is 2. The van der Waals surface area contributed by atoms with E-state index in [1.54, 1.807) is 4.90 Å². The minimum atomic E-state index is -0.0890. The first-order valence-corrected chi connectivity index (χ1v) is 10.2.